The molecule has 4 rings (SSSR count). The van der Waals surface area contributed by atoms with Crippen LogP contribution in [0.3, 0.4) is 0 Å². The van der Waals surface area contributed by atoms with E-state index in [1.54, 1.807) is 4.90 Å². The molecule has 0 atom stereocenters. The highest BCUT2D eigenvalue weighted by Gasteiger charge is 2.45. The van der Waals surface area contributed by atoms with Crippen molar-refractivity contribution in [1.29, 1.82) is 0 Å². The van der Waals surface area contributed by atoms with Gasteiger partial charge in [0.15, 0.2) is 0 Å². The normalized spacial score (nSPS) is 18.2. The molecule has 0 bridgehead atoms. The van der Waals surface area contributed by atoms with Crippen LogP contribution in [-0.4, -0.2) is 25.2 Å². The first-order valence-electron chi connectivity index (χ1n) is 9.06. The van der Waals surface area contributed by atoms with E-state index in [9.17, 15) is 9.59 Å². The van der Waals surface area contributed by atoms with Crippen molar-refractivity contribution in [2.75, 3.05) is 18.1 Å². The molecule has 1 aliphatic heterocycles. The summed E-state index contributed by atoms with van der Waals surface area (Å²) in [6.07, 6.45) is 2.54. The zero-order valence-corrected chi connectivity index (χ0v) is 14.6. The van der Waals surface area contributed by atoms with Crippen molar-refractivity contribution in [3.05, 3.63) is 65.7 Å². The number of benzene rings is 2. The zero-order chi connectivity index (χ0) is 18.0. The molecule has 26 heavy (non-hydrogen) atoms. The van der Waals surface area contributed by atoms with Gasteiger partial charge in [0, 0.05) is 12.2 Å². The van der Waals surface area contributed by atoms with E-state index in [1.165, 1.54) is 0 Å². The van der Waals surface area contributed by atoms with Crippen LogP contribution in [0.2, 0.25) is 0 Å². The van der Waals surface area contributed by atoms with Crippen LogP contribution in [0.15, 0.2) is 54.6 Å². The average molecular weight is 350 g/mol. The quantitative estimate of drug-likeness (QED) is 0.899. The molecule has 0 aromatic heterocycles. The summed E-state index contributed by atoms with van der Waals surface area (Å²) in [6, 6.07) is 17.7. The monoisotopic (exact) mass is 350 g/mol. The molecule has 1 saturated carbocycles. The fourth-order valence-electron chi connectivity index (χ4n) is 3.75. The van der Waals surface area contributed by atoms with E-state index in [2.05, 4.69) is 5.32 Å². The number of ether oxygens (including phenoxy) is 1. The number of hydrogen-bond donors (Lipinski definition) is 1. The Hall–Kier alpha value is -2.82. The lowest BCUT2D eigenvalue weighted by molar-refractivity contribution is -0.130. The van der Waals surface area contributed by atoms with Gasteiger partial charge in [-0.1, -0.05) is 48.9 Å². The number of anilines is 1. The number of hydrogen-bond acceptors (Lipinski definition) is 3. The lowest BCUT2D eigenvalue weighted by atomic mass is 9.64. The van der Waals surface area contributed by atoms with E-state index >= 15 is 0 Å². The second-order valence-corrected chi connectivity index (χ2v) is 6.92. The number of carbonyl (C=O) groups is 2. The third-order valence-electron chi connectivity index (χ3n) is 5.40. The Balaban J connectivity index is 1.45. The Morgan fingerprint density at radius 1 is 1.12 bits per heavy atom. The van der Waals surface area contributed by atoms with Crippen LogP contribution >= 0.6 is 0 Å². The SMILES string of the molecule is O=C1OCCN1c1cccc(CNC(=O)C2(c3ccccc3)CCC2)c1. The number of rotatable bonds is 5. The first-order chi connectivity index (χ1) is 12.7. The molecule has 2 aromatic rings. The standard InChI is InChI=1S/C21H22N2O3/c24-19(21(10-5-11-21)17-7-2-1-3-8-17)22-15-16-6-4-9-18(14-16)23-12-13-26-20(23)25/h1-4,6-9,14H,5,10-13,15H2,(H,22,24). The highest BCUT2D eigenvalue weighted by molar-refractivity contribution is 5.90. The van der Waals surface area contributed by atoms with Gasteiger partial charge in [0.2, 0.25) is 5.91 Å². The highest BCUT2D eigenvalue weighted by atomic mass is 16.6. The molecule has 1 saturated heterocycles. The van der Waals surface area contributed by atoms with Crippen molar-refractivity contribution in [2.45, 2.75) is 31.2 Å². The minimum atomic E-state index is -0.391. The molecule has 134 valence electrons. The van der Waals surface area contributed by atoms with Crippen LogP contribution in [0.4, 0.5) is 10.5 Å². The molecule has 0 spiro atoms. The third-order valence-corrected chi connectivity index (χ3v) is 5.40. The van der Waals surface area contributed by atoms with Crippen LogP contribution in [0.5, 0.6) is 0 Å². The Labute approximate surface area is 153 Å². The van der Waals surface area contributed by atoms with Gasteiger partial charge >= 0.3 is 6.09 Å². The van der Waals surface area contributed by atoms with Gasteiger partial charge in [0.05, 0.1) is 12.0 Å². The fraction of sp³-hybridized carbons (Fsp3) is 0.333. The van der Waals surface area contributed by atoms with Gasteiger partial charge in [-0.2, -0.15) is 0 Å². The Morgan fingerprint density at radius 3 is 2.58 bits per heavy atom. The molecule has 1 aliphatic carbocycles. The van der Waals surface area contributed by atoms with Gasteiger partial charge in [-0.15, -0.1) is 0 Å². The van der Waals surface area contributed by atoms with E-state index in [1.807, 2.05) is 54.6 Å². The molecular formula is C21H22N2O3. The van der Waals surface area contributed by atoms with Crippen LogP contribution < -0.4 is 10.2 Å². The number of cyclic esters (lactones) is 1. The Morgan fingerprint density at radius 2 is 1.92 bits per heavy atom. The summed E-state index contributed by atoms with van der Waals surface area (Å²) in [6.45, 7) is 1.43. The lowest BCUT2D eigenvalue weighted by Crippen LogP contribution is -2.48. The van der Waals surface area contributed by atoms with Gasteiger partial charge in [-0.25, -0.2) is 4.79 Å². The van der Waals surface area contributed by atoms with Crippen LogP contribution in [-0.2, 0) is 21.5 Å². The van der Waals surface area contributed by atoms with Crippen molar-refractivity contribution < 1.29 is 14.3 Å². The molecule has 5 nitrogen and oxygen atoms in total. The Kier molecular flexibility index (Phi) is 4.37. The summed E-state index contributed by atoms with van der Waals surface area (Å²) >= 11 is 0. The van der Waals surface area contributed by atoms with E-state index in [-0.39, 0.29) is 12.0 Å². The maximum absolute atomic E-state index is 12.9. The number of nitrogens with zero attached hydrogens (tertiary/aromatic N) is 1. The van der Waals surface area contributed by atoms with Crippen molar-refractivity contribution >= 4 is 17.7 Å². The number of nitrogens with one attached hydrogen (secondary N) is 1. The molecule has 2 aliphatic rings. The van der Waals surface area contributed by atoms with Gasteiger partial charge < -0.3 is 10.1 Å². The first-order valence-corrected chi connectivity index (χ1v) is 9.06. The molecule has 1 N–H and O–H groups in total. The van der Waals surface area contributed by atoms with Crippen molar-refractivity contribution in [3.8, 4) is 0 Å². The van der Waals surface area contributed by atoms with Gasteiger partial charge in [-0.3, -0.25) is 9.69 Å². The zero-order valence-electron chi connectivity index (χ0n) is 14.6. The minimum absolute atomic E-state index is 0.0842. The van der Waals surface area contributed by atoms with E-state index in [0.717, 1.165) is 36.1 Å². The van der Waals surface area contributed by atoms with Crippen molar-refractivity contribution in [3.63, 3.8) is 0 Å². The van der Waals surface area contributed by atoms with E-state index < -0.39 is 5.41 Å². The van der Waals surface area contributed by atoms with E-state index in [0.29, 0.717) is 19.7 Å². The molecule has 5 heteroatoms. The van der Waals surface area contributed by atoms with Gasteiger partial charge in [0.1, 0.15) is 6.61 Å². The molecule has 2 aromatic carbocycles. The lowest BCUT2D eigenvalue weighted by Gasteiger charge is -2.40. The number of amides is 2. The summed E-state index contributed by atoms with van der Waals surface area (Å²) < 4.78 is 4.99. The van der Waals surface area contributed by atoms with E-state index in [4.69, 9.17) is 4.74 Å². The second kappa shape index (κ2) is 6.83. The molecule has 2 fully saturated rings. The summed E-state index contributed by atoms with van der Waals surface area (Å²) in [7, 11) is 0. The highest BCUT2D eigenvalue weighted by Crippen LogP contribution is 2.43. The second-order valence-electron chi connectivity index (χ2n) is 6.92. The number of carbonyl (C=O) groups excluding carboxylic acids is 2. The first kappa shape index (κ1) is 16.6. The summed E-state index contributed by atoms with van der Waals surface area (Å²) in [5.41, 5.74) is 2.48. The maximum atomic E-state index is 12.9. The molecular weight excluding hydrogens is 328 g/mol. The molecule has 0 radical (unpaired) electrons. The maximum Gasteiger partial charge on any atom is 0.414 e. The van der Waals surface area contributed by atoms with Crippen molar-refractivity contribution in [1.82, 2.24) is 5.32 Å². The predicted octanol–water partition coefficient (Wildman–Crippen LogP) is 3.38. The summed E-state index contributed by atoms with van der Waals surface area (Å²) in [5, 5.41) is 3.10. The molecule has 2 amide bonds. The van der Waals surface area contributed by atoms with Crippen LogP contribution in [0, 0.1) is 0 Å². The van der Waals surface area contributed by atoms with Crippen LogP contribution in [0.25, 0.3) is 0 Å². The largest absolute Gasteiger partial charge is 0.447 e. The summed E-state index contributed by atoms with van der Waals surface area (Å²) in [5.74, 6) is 0.0842. The molecule has 1 heterocycles. The summed E-state index contributed by atoms with van der Waals surface area (Å²) in [4.78, 5) is 26.3. The third kappa shape index (κ3) is 2.94. The smallest absolute Gasteiger partial charge is 0.414 e. The van der Waals surface area contributed by atoms with Crippen LogP contribution in [0.1, 0.15) is 30.4 Å². The van der Waals surface area contributed by atoms with Crippen molar-refractivity contribution in [2.24, 2.45) is 0 Å². The van der Waals surface area contributed by atoms with Gasteiger partial charge in [0.25, 0.3) is 0 Å². The average Bonchev–Trinajstić information content (AvgIpc) is 3.06. The topological polar surface area (TPSA) is 58.6 Å². The Bertz CT molecular complexity index is 815. The predicted molar refractivity (Wildman–Crippen MR) is 99.0 cm³/mol. The fourth-order valence-corrected chi connectivity index (χ4v) is 3.75. The molecule has 0 unspecified atom stereocenters. The van der Waals surface area contributed by atoms with Gasteiger partial charge in [-0.05, 0) is 36.1 Å². The minimum Gasteiger partial charge on any atom is -0.447 e.